The summed E-state index contributed by atoms with van der Waals surface area (Å²) in [6.45, 7) is 7.48. The molecule has 1 heterocycles. The van der Waals surface area contributed by atoms with E-state index in [9.17, 15) is 19.7 Å². The first-order valence-electron chi connectivity index (χ1n) is 8.38. The number of carbonyl (C=O) groups excluding carboxylic acids is 2. The third-order valence-electron chi connectivity index (χ3n) is 4.24. The van der Waals surface area contributed by atoms with Crippen LogP contribution in [0, 0.1) is 24.0 Å². The Morgan fingerprint density at radius 3 is 2.41 bits per heavy atom. The molecule has 144 valence electrons. The van der Waals surface area contributed by atoms with Crippen LogP contribution in [0.2, 0.25) is 0 Å². The SMILES string of the molecule is COC(=O)c1ccc(OCC(=O)c2cc(C)n(C(C)C)c2C)c([N+](=O)[O-])c1. The Bertz CT molecular complexity index is 898. The predicted molar refractivity (Wildman–Crippen MR) is 98.6 cm³/mol. The van der Waals surface area contributed by atoms with Crippen molar-refractivity contribution >= 4 is 17.4 Å². The van der Waals surface area contributed by atoms with E-state index in [1.165, 1.54) is 19.2 Å². The van der Waals surface area contributed by atoms with Gasteiger partial charge in [0.05, 0.1) is 17.6 Å². The van der Waals surface area contributed by atoms with Gasteiger partial charge in [0, 0.05) is 29.1 Å². The van der Waals surface area contributed by atoms with Crippen LogP contribution in [-0.4, -0.2) is 35.0 Å². The lowest BCUT2D eigenvalue weighted by Crippen LogP contribution is -2.14. The van der Waals surface area contributed by atoms with Crippen molar-refractivity contribution in [2.75, 3.05) is 13.7 Å². The Morgan fingerprint density at radius 2 is 1.89 bits per heavy atom. The highest BCUT2D eigenvalue weighted by Crippen LogP contribution is 2.29. The van der Waals surface area contributed by atoms with Crippen molar-refractivity contribution in [1.82, 2.24) is 4.57 Å². The number of aryl methyl sites for hydroxylation is 1. The minimum atomic E-state index is -0.693. The van der Waals surface area contributed by atoms with Crippen LogP contribution in [0.15, 0.2) is 24.3 Å². The summed E-state index contributed by atoms with van der Waals surface area (Å²) >= 11 is 0. The van der Waals surface area contributed by atoms with Crippen LogP contribution in [-0.2, 0) is 4.74 Å². The monoisotopic (exact) mass is 374 g/mol. The summed E-state index contributed by atoms with van der Waals surface area (Å²) in [7, 11) is 1.19. The lowest BCUT2D eigenvalue weighted by Gasteiger charge is -2.13. The third-order valence-corrected chi connectivity index (χ3v) is 4.24. The second-order valence-corrected chi connectivity index (χ2v) is 6.39. The van der Waals surface area contributed by atoms with Gasteiger partial charge in [-0.05, 0) is 45.9 Å². The summed E-state index contributed by atoms with van der Waals surface area (Å²) in [4.78, 5) is 34.7. The lowest BCUT2D eigenvalue weighted by molar-refractivity contribution is -0.385. The quantitative estimate of drug-likeness (QED) is 0.317. The highest BCUT2D eigenvalue weighted by Gasteiger charge is 2.22. The molecule has 0 atom stereocenters. The molecule has 1 aromatic carbocycles. The molecule has 0 aliphatic carbocycles. The van der Waals surface area contributed by atoms with Crippen LogP contribution < -0.4 is 4.74 Å². The Labute approximate surface area is 156 Å². The maximum atomic E-state index is 12.5. The number of nitrogens with zero attached hydrogens (tertiary/aromatic N) is 2. The Balaban J connectivity index is 2.24. The van der Waals surface area contributed by atoms with Crippen LogP contribution in [0.25, 0.3) is 0 Å². The van der Waals surface area contributed by atoms with Crippen molar-refractivity contribution in [2.45, 2.75) is 33.7 Å². The number of benzene rings is 1. The number of carbonyl (C=O) groups is 2. The molecular weight excluding hydrogens is 352 g/mol. The van der Waals surface area contributed by atoms with Crippen molar-refractivity contribution in [2.24, 2.45) is 0 Å². The number of nitro groups is 1. The highest BCUT2D eigenvalue weighted by molar-refractivity contribution is 5.98. The number of ether oxygens (including phenoxy) is 2. The summed E-state index contributed by atoms with van der Waals surface area (Å²) < 4.78 is 12.0. The van der Waals surface area contributed by atoms with E-state index in [0.29, 0.717) is 5.56 Å². The van der Waals surface area contributed by atoms with Crippen molar-refractivity contribution in [3.05, 3.63) is 56.9 Å². The van der Waals surface area contributed by atoms with Crippen LogP contribution in [0.4, 0.5) is 5.69 Å². The Hall–Kier alpha value is -3.16. The van der Waals surface area contributed by atoms with Gasteiger partial charge in [0.25, 0.3) is 0 Å². The molecular formula is C19H22N2O6. The maximum Gasteiger partial charge on any atom is 0.338 e. The van der Waals surface area contributed by atoms with Crippen LogP contribution >= 0.6 is 0 Å². The Morgan fingerprint density at radius 1 is 1.22 bits per heavy atom. The first kappa shape index (κ1) is 20.2. The van der Waals surface area contributed by atoms with Crippen molar-refractivity contribution in [3.63, 3.8) is 0 Å². The average Bonchev–Trinajstić information content (AvgIpc) is 2.93. The molecule has 2 rings (SSSR count). The van der Waals surface area contributed by atoms with Crippen molar-refractivity contribution in [3.8, 4) is 5.75 Å². The molecule has 0 saturated carbocycles. The molecule has 8 heteroatoms. The number of nitro benzene ring substituents is 1. The average molecular weight is 374 g/mol. The number of ketones is 1. The lowest BCUT2D eigenvalue weighted by atomic mass is 10.1. The smallest absolute Gasteiger partial charge is 0.338 e. The molecule has 0 aliphatic heterocycles. The maximum absolute atomic E-state index is 12.5. The second kappa shape index (κ2) is 8.03. The van der Waals surface area contributed by atoms with Crippen molar-refractivity contribution in [1.29, 1.82) is 0 Å². The van der Waals surface area contributed by atoms with Gasteiger partial charge in [-0.25, -0.2) is 4.79 Å². The zero-order valence-electron chi connectivity index (χ0n) is 15.9. The zero-order valence-corrected chi connectivity index (χ0v) is 15.9. The molecule has 0 fully saturated rings. The minimum absolute atomic E-state index is 0.0309. The Kier molecular flexibility index (Phi) is 5.99. The normalized spacial score (nSPS) is 10.7. The minimum Gasteiger partial charge on any atom is -0.478 e. The van der Waals surface area contributed by atoms with Gasteiger partial charge in [-0.2, -0.15) is 0 Å². The number of hydrogen-bond donors (Lipinski definition) is 0. The molecule has 0 amide bonds. The van der Waals surface area contributed by atoms with Gasteiger partial charge in [-0.1, -0.05) is 0 Å². The van der Waals surface area contributed by atoms with E-state index in [0.717, 1.165) is 17.5 Å². The van der Waals surface area contributed by atoms with E-state index in [2.05, 4.69) is 4.74 Å². The fourth-order valence-corrected chi connectivity index (χ4v) is 3.10. The number of aromatic nitrogens is 1. The first-order valence-corrected chi connectivity index (χ1v) is 8.38. The standard InChI is InChI=1S/C19H22N2O6/c1-11(2)20-12(3)8-15(13(20)4)17(22)10-27-18-7-6-14(19(23)26-5)9-16(18)21(24)25/h6-9,11H,10H2,1-5H3. The number of hydrogen-bond acceptors (Lipinski definition) is 6. The molecule has 2 aromatic rings. The topological polar surface area (TPSA) is 101 Å². The fraction of sp³-hybridized carbons (Fsp3) is 0.368. The number of rotatable bonds is 7. The number of methoxy groups -OCH3 is 1. The zero-order chi connectivity index (χ0) is 20.3. The largest absolute Gasteiger partial charge is 0.478 e. The molecule has 1 aromatic heterocycles. The fourth-order valence-electron chi connectivity index (χ4n) is 3.10. The van der Waals surface area contributed by atoms with Gasteiger partial charge in [-0.3, -0.25) is 14.9 Å². The molecule has 27 heavy (non-hydrogen) atoms. The van der Waals surface area contributed by atoms with Gasteiger partial charge in [-0.15, -0.1) is 0 Å². The van der Waals surface area contributed by atoms with Gasteiger partial charge >= 0.3 is 11.7 Å². The highest BCUT2D eigenvalue weighted by atomic mass is 16.6. The van der Waals surface area contributed by atoms with E-state index in [1.807, 2.05) is 32.3 Å². The molecule has 0 bridgehead atoms. The predicted octanol–water partition coefficient (Wildman–Crippen LogP) is 3.64. The molecule has 0 aliphatic rings. The van der Waals surface area contributed by atoms with Crippen LogP contribution in [0.1, 0.15) is 52.0 Å². The number of Topliss-reactive ketones (excluding diaryl/α,β-unsaturated/α-hetero) is 1. The molecule has 0 N–H and O–H groups in total. The first-order chi connectivity index (χ1) is 12.7. The van der Waals surface area contributed by atoms with Gasteiger partial charge in [0.1, 0.15) is 0 Å². The van der Waals surface area contributed by atoms with E-state index in [1.54, 1.807) is 6.07 Å². The van der Waals surface area contributed by atoms with E-state index < -0.39 is 16.6 Å². The molecule has 8 nitrogen and oxygen atoms in total. The van der Waals surface area contributed by atoms with Gasteiger partial charge in [0.15, 0.2) is 12.4 Å². The third kappa shape index (κ3) is 4.16. The summed E-state index contributed by atoms with van der Waals surface area (Å²) in [6, 6.07) is 5.70. The van der Waals surface area contributed by atoms with Crippen LogP contribution in [0.3, 0.4) is 0 Å². The summed E-state index contributed by atoms with van der Waals surface area (Å²) in [5.41, 5.74) is 1.93. The van der Waals surface area contributed by atoms with E-state index in [4.69, 9.17) is 4.74 Å². The number of esters is 1. The summed E-state index contributed by atoms with van der Waals surface area (Å²) in [5.74, 6) is -1.05. The molecule has 0 spiro atoms. The summed E-state index contributed by atoms with van der Waals surface area (Å²) in [5, 5.41) is 11.3. The van der Waals surface area contributed by atoms with Gasteiger partial charge < -0.3 is 14.0 Å². The second-order valence-electron chi connectivity index (χ2n) is 6.39. The van der Waals surface area contributed by atoms with E-state index >= 15 is 0 Å². The molecule has 0 radical (unpaired) electrons. The van der Waals surface area contributed by atoms with Crippen molar-refractivity contribution < 1.29 is 24.0 Å². The van der Waals surface area contributed by atoms with Crippen LogP contribution in [0.5, 0.6) is 5.75 Å². The van der Waals surface area contributed by atoms with Gasteiger partial charge in [0.2, 0.25) is 5.78 Å². The molecule has 0 saturated heterocycles. The molecule has 0 unspecified atom stereocenters. The summed E-state index contributed by atoms with van der Waals surface area (Å²) in [6.07, 6.45) is 0. The van der Waals surface area contributed by atoms with E-state index in [-0.39, 0.29) is 29.7 Å².